The maximum atomic E-state index is 13.9. The van der Waals surface area contributed by atoms with Crippen LogP contribution in [0, 0.1) is 0 Å². The minimum Gasteiger partial charge on any atom is -0.462 e. The van der Waals surface area contributed by atoms with Crippen LogP contribution in [0.2, 0.25) is 0 Å². The molecule has 0 fully saturated rings. The van der Waals surface area contributed by atoms with Crippen LogP contribution in [0.3, 0.4) is 0 Å². The maximum Gasteiger partial charge on any atom is 0.407 e. The number of hydrogen-bond donors (Lipinski definition) is 2. The Balaban J connectivity index is 1.62. The predicted molar refractivity (Wildman–Crippen MR) is 282 cm³/mol. The highest BCUT2D eigenvalue weighted by Gasteiger charge is 2.31. The molecular formula is C55H89N2O11PS. The van der Waals surface area contributed by atoms with Crippen LogP contribution >= 0.6 is 18.2 Å². The molecule has 396 valence electrons. The van der Waals surface area contributed by atoms with Gasteiger partial charge in [0.2, 0.25) is 5.91 Å². The average Bonchev–Trinajstić information content (AvgIpc) is 3.66. The van der Waals surface area contributed by atoms with Crippen molar-refractivity contribution in [2.75, 3.05) is 45.4 Å². The molecule has 1 aliphatic carbocycles. The van der Waals surface area contributed by atoms with Crippen molar-refractivity contribution in [3.05, 3.63) is 59.7 Å². The van der Waals surface area contributed by atoms with E-state index in [1.165, 1.54) is 70.6 Å². The van der Waals surface area contributed by atoms with Gasteiger partial charge in [-0.05, 0) is 86.5 Å². The molecule has 0 bridgehead atoms. The van der Waals surface area contributed by atoms with E-state index in [2.05, 4.69) is 36.6 Å². The van der Waals surface area contributed by atoms with Gasteiger partial charge in [-0.2, -0.15) is 0 Å². The lowest BCUT2D eigenvalue weighted by Gasteiger charge is -2.23. The molecule has 0 aromatic heterocycles. The van der Waals surface area contributed by atoms with Gasteiger partial charge in [-0.3, -0.25) is 14.4 Å². The van der Waals surface area contributed by atoms with Crippen molar-refractivity contribution in [3.8, 4) is 11.1 Å². The van der Waals surface area contributed by atoms with E-state index < -0.39 is 37.0 Å². The summed E-state index contributed by atoms with van der Waals surface area (Å²) in [5.41, 5.74) is 4.36. The lowest BCUT2D eigenvalue weighted by atomic mass is 9.98. The molecule has 0 saturated heterocycles. The second-order valence-electron chi connectivity index (χ2n) is 18.5. The first-order valence-corrected chi connectivity index (χ1v) is 30.1. The van der Waals surface area contributed by atoms with E-state index in [1.807, 2.05) is 36.4 Å². The molecule has 0 aliphatic heterocycles. The number of unbranched alkanes of at least 4 members (excludes halogenated alkanes) is 16. The summed E-state index contributed by atoms with van der Waals surface area (Å²) in [6, 6.07) is 14.7. The minimum absolute atomic E-state index is 0.0757. The molecule has 2 aromatic rings. The number of hydrogen-bond acceptors (Lipinski definition) is 12. The Morgan fingerprint density at radius 3 is 1.67 bits per heavy atom. The van der Waals surface area contributed by atoms with E-state index in [4.69, 9.17) is 28.0 Å². The summed E-state index contributed by atoms with van der Waals surface area (Å²) in [7, 11) is 0. The standard InChI is InChI=1S/C55H89N2O11PS/c1-6-10-12-14-16-18-20-22-24-37-52(58)64-42-45(68-53(59)38-25-23-21-19-17-15-13-11-7-2)31-30-36-51(54(60)56-44(5)41-63-39-40-70-69(62,66-8-3)67-9-4)57-55(61)65-43-50-48-34-28-26-32-46(48)47-33-27-29-35-49(47)50/h26-29,32-35,44-45,50-51H,6-25,30-31,36-43H2,1-5H3,(H,56,60)(H,57,61)/t44-,45+,51+/m0/s1. The first-order valence-electron chi connectivity index (χ1n) is 26.9. The van der Waals surface area contributed by atoms with Gasteiger partial charge < -0.3 is 38.6 Å². The number of fused-ring (bicyclic) bond motifs is 3. The Hall–Kier alpha value is -3.42. The van der Waals surface area contributed by atoms with Crippen LogP contribution < -0.4 is 10.6 Å². The van der Waals surface area contributed by atoms with Crippen LogP contribution in [0.4, 0.5) is 4.79 Å². The number of carbonyl (C=O) groups excluding carboxylic acids is 4. The molecule has 0 heterocycles. The van der Waals surface area contributed by atoms with Crippen molar-refractivity contribution < 1.29 is 51.7 Å². The second-order valence-corrected chi connectivity index (χ2v) is 22.7. The van der Waals surface area contributed by atoms with Crippen LogP contribution in [0.25, 0.3) is 11.1 Å². The van der Waals surface area contributed by atoms with Gasteiger partial charge in [-0.25, -0.2) is 9.36 Å². The number of carbonyl (C=O) groups is 4. The molecule has 0 radical (unpaired) electrons. The Morgan fingerprint density at radius 2 is 1.13 bits per heavy atom. The highest BCUT2D eigenvalue weighted by atomic mass is 32.7. The lowest BCUT2D eigenvalue weighted by molar-refractivity contribution is -0.159. The number of rotatable bonds is 42. The van der Waals surface area contributed by atoms with Crippen LogP contribution in [0.15, 0.2) is 48.5 Å². The fourth-order valence-electron chi connectivity index (χ4n) is 8.72. The third kappa shape index (κ3) is 25.3. The number of nitrogens with one attached hydrogen (secondary N) is 2. The summed E-state index contributed by atoms with van der Waals surface area (Å²) in [5, 5.41) is 5.78. The SMILES string of the molecule is CCCCCCCCCCCC(=O)OC[C@@H](CCC[C@@H](NC(=O)OCC1c2ccccc2-c2ccccc21)C(=O)N[C@@H](C)COCCSP(=O)(OCC)OCC)OC(=O)CCCCCCCCCCC. The number of amides is 2. The topological polar surface area (TPSA) is 165 Å². The molecule has 3 rings (SSSR count). The van der Waals surface area contributed by atoms with Gasteiger partial charge in [-0.1, -0.05) is 165 Å². The zero-order valence-electron chi connectivity index (χ0n) is 43.5. The van der Waals surface area contributed by atoms with E-state index in [0.29, 0.717) is 25.0 Å². The fraction of sp³-hybridized carbons (Fsp3) is 0.709. The smallest absolute Gasteiger partial charge is 0.407 e. The Bertz CT molecular complexity index is 1760. The molecule has 0 spiro atoms. The van der Waals surface area contributed by atoms with Gasteiger partial charge in [-0.15, -0.1) is 0 Å². The maximum absolute atomic E-state index is 13.9. The van der Waals surface area contributed by atoms with Crippen LogP contribution in [0.5, 0.6) is 0 Å². The lowest BCUT2D eigenvalue weighted by Crippen LogP contribution is -2.50. The van der Waals surface area contributed by atoms with Crippen molar-refractivity contribution in [2.45, 2.75) is 206 Å². The molecule has 2 N–H and O–H groups in total. The van der Waals surface area contributed by atoms with E-state index in [1.54, 1.807) is 20.8 Å². The Kier molecular flexibility index (Phi) is 32.5. The van der Waals surface area contributed by atoms with E-state index in [0.717, 1.165) is 78.6 Å². The largest absolute Gasteiger partial charge is 0.462 e. The zero-order chi connectivity index (χ0) is 50.7. The number of alkyl carbamates (subject to hydrolysis) is 1. The summed E-state index contributed by atoms with van der Waals surface area (Å²) >= 11 is 1.07. The molecule has 70 heavy (non-hydrogen) atoms. The molecule has 3 atom stereocenters. The zero-order valence-corrected chi connectivity index (χ0v) is 45.2. The minimum atomic E-state index is -3.28. The van der Waals surface area contributed by atoms with E-state index in [-0.39, 0.29) is 70.3 Å². The highest BCUT2D eigenvalue weighted by Crippen LogP contribution is 2.60. The summed E-state index contributed by atoms with van der Waals surface area (Å²) in [5.74, 6) is -0.874. The van der Waals surface area contributed by atoms with Crippen LogP contribution in [-0.2, 0) is 46.9 Å². The molecule has 1 aliphatic rings. The molecule has 0 saturated carbocycles. The van der Waals surface area contributed by atoms with Crippen LogP contribution in [0.1, 0.15) is 199 Å². The number of benzene rings is 2. The van der Waals surface area contributed by atoms with Gasteiger partial charge in [0, 0.05) is 30.6 Å². The second kappa shape index (κ2) is 37.3. The van der Waals surface area contributed by atoms with Crippen LogP contribution in [-0.4, -0.2) is 87.5 Å². The van der Waals surface area contributed by atoms with Gasteiger partial charge >= 0.3 is 24.8 Å². The molecule has 0 unspecified atom stereocenters. The molecular weight excluding hydrogens is 928 g/mol. The summed E-state index contributed by atoms with van der Waals surface area (Å²) in [4.78, 5) is 53.5. The van der Waals surface area contributed by atoms with Gasteiger partial charge in [0.15, 0.2) is 0 Å². The molecule has 13 nitrogen and oxygen atoms in total. The summed E-state index contributed by atoms with van der Waals surface area (Å²) < 4.78 is 46.8. The third-order valence-electron chi connectivity index (χ3n) is 12.5. The third-order valence-corrected chi connectivity index (χ3v) is 16.4. The van der Waals surface area contributed by atoms with Gasteiger partial charge in [0.25, 0.3) is 0 Å². The molecule has 15 heteroatoms. The normalized spacial score (nSPS) is 13.5. The van der Waals surface area contributed by atoms with Gasteiger partial charge in [0.1, 0.15) is 25.4 Å². The fourth-order valence-corrected chi connectivity index (χ4v) is 12.0. The van der Waals surface area contributed by atoms with E-state index in [9.17, 15) is 23.7 Å². The van der Waals surface area contributed by atoms with Crippen molar-refractivity contribution >= 4 is 42.1 Å². The summed E-state index contributed by atoms with van der Waals surface area (Å²) in [6.45, 7) is 7.41. The first-order chi connectivity index (χ1) is 34.0. The van der Waals surface area contributed by atoms with Gasteiger partial charge in [0.05, 0.1) is 26.4 Å². The summed E-state index contributed by atoms with van der Waals surface area (Å²) in [6.07, 6.45) is 20.5. The quantitative estimate of drug-likeness (QED) is 0.0280. The Labute approximate surface area is 425 Å². The monoisotopic (exact) mass is 1020 g/mol. The van der Waals surface area contributed by atoms with Crippen molar-refractivity contribution in [1.82, 2.24) is 10.6 Å². The van der Waals surface area contributed by atoms with Crippen molar-refractivity contribution in [3.63, 3.8) is 0 Å². The van der Waals surface area contributed by atoms with E-state index >= 15 is 0 Å². The van der Waals surface area contributed by atoms with Crippen molar-refractivity contribution in [1.29, 1.82) is 0 Å². The molecule has 2 aromatic carbocycles. The first kappa shape index (κ1) is 60.9. The van der Waals surface area contributed by atoms with Crippen molar-refractivity contribution in [2.24, 2.45) is 0 Å². The highest BCUT2D eigenvalue weighted by molar-refractivity contribution is 8.55. The number of ether oxygens (including phenoxy) is 4. The number of esters is 2. The average molecular weight is 1020 g/mol. The molecule has 2 amide bonds. The predicted octanol–water partition coefficient (Wildman–Crippen LogP) is 13.8. The Morgan fingerprint density at radius 1 is 0.614 bits per heavy atom.